The van der Waals surface area contributed by atoms with E-state index >= 15 is 0 Å². The van der Waals surface area contributed by atoms with Gasteiger partial charge in [0, 0.05) is 0 Å². The van der Waals surface area contributed by atoms with E-state index in [0.717, 1.165) is 0 Å². The molecule has 0 amide bonds. The predicted molar refractivity (Wildman–Crippen MR) is 83.9 cm³/mol. The van der Waals surface area contributed by atoms with E-state index < -0.39 is 8.07 Å². The zero-order valence-electron chi connectivity index (χ0n) is 11.6. The van der Waals surface area contributed by atoms with Gasteiger partial charge < -0.3 is 0 Å². The number of hydrogen-bond donors (Lipinski definition) is 0. The Hall–Kier alpha value is -1.08. The SMILES string of the molecule is C=C[Si](CC)(CC)CC.C=Cc1ccccc1. The van der Waals surface area contributed by atoms with Gasteiger partial charge in [0.2, 0.25) is 0 Å². The predicted octanol–water partition coefficient (Wildman–Crippen LogP) is 5.55. The summed E-state index contributed by atoms with van der Waals surface area (Å²) in [5.74, 6) is 0. The number of rotatable bonds is 5. The normalized spacial score (nSPS) is 10.1. The molecule has 0 fully saturated rings. The van der Waals surface area contributed by atoms with Gasteiger partial charge in [-0.1, -0.05) is 81.9 Å². The van der Waals surface area contributed by atoms with E-state index in [-0.39, 0.29) is 0 Å². The maximum Gasteiger partial charge on any atom is 0.0762 e. The van der Waals surface area contributed by atoms with E-state index in [1.165, 1.54) is 23.7 Å². The lowest BCUT2D eigenvalue weighted by atomic mass is 10.2. The van der Waals surface area contributed by atoms with Crippen LogP contribution in [0.15, 0.2) is 49.2 Å². The van der Waals surface area contributed by atoms with E-state index in [2.05, 4.69) is 39.6 Å². The molecule has 1 rings (SSSR count). The molecular formula is C16H26Si. The Labute approximate surface area is 108 Å². The van der Waals surface area contributed by atoms with Crippen LogP contribution < -0.4 is 0 Å². The van der Waals surface area contributed by atoms with Gasteiger partial charge >= 0.3 is 0 Å². The Morgan fingerprint density at radius 2 is 1.41 bits per heavy atom. The average molecular weight is 246 g/mol. The lowest BCUT2D eigenvalue weighted by molar-refractivity contribution is 1.20. The molecule has 0 spiro atoms. The third-order valence-corrected chi connectivity index (χ3v) is 8.67. The second-order valence-electron chi connectivity index (χ2n) is 4.24. The molecular weight excluding hydrogens is 220 g/mol. The first-order valence-electron chi connectivity index (χ1n) is 6.49. The minimum Gasteiger partial charge on any atom is -0.107 e. The summed E-state index contributed by atoms with van der Waals surface area (Å²) in [4.78, 5) is 0. The Morgan fingerprint density at radius 1 is 0.941 bits per heavy atom. The minimum absolute atomic E-state index is 0.927. The zero-order valence-corrected chi connectivity index (χ0v) is 12.6. The van der Waals surface area contributed by atoms with Crippen molar-refractivity contribution in [3.8, 4) is 0 Å². The lowest BCUT2D eigenvalue weighted by Crippen LogP contribution is -2.27. The quantitative estimate of drug-likeness (QED) is 0.598. The van der Waals surface area contributed by atoms with Gasteiger partial charge in [-0.3, -0.25) is 0 Å². The van der Waals surface area contributed by atoms with Crippen LogP contribution in [0.1, 0.15) is 26.3 Å². The highest BCUT2D eigenvalue weighted by molar-refractivity contribution is 6.84. The fourth-order valence-corrected chi connectivity index (χ4v) is 4.14. The highest BCUT2D eigenvalue weighted by Gasteiger charge is 2.21. The average Bonchev–Trinajstić information content (AvgIpc) is 2.44. The van der Waals surface area contributed by atoms with E-state index in [1.54, 1.807) is 0 Å². The first kappa shape index (κ1) is 15.9. The second-order valence-corrected chi connectivity index (χ2v) is 9.50. The summed E-state index contributed by atoms with van der Waals surface area (Å²) in [7, 11) is -0.927. The van der Waals surface area contributed by atoms with Gasteiger partial charge in [-0.05, 0) is 5.56 Å². The van der Waals surface area contributed by atoms with E-state index in [9.17, 15) is 0 Å². The molecule has 0 bridgehead atoms. The Bertz CT molecular complexity index is 301. The standard InChI is InChI=1S/C8H18Si.C8H8/c1-5-9(6-2,7-3)8-4;1-2-8-6-4-3-5-7-8/h5H,1,6-8H2,2-4H3;2-7H,1H2. The first-order chi connectivity index (χ1) is 8.17. The molecule has 0 aliphatic carbocycles. The van der Waals surface area contributed by atoms with Crippen LogP contribution in [0.3, 0.4) is 0 Å². The van der Waals surface area contributed by atoms with Crippen molar-refractivity contribution in [1.82, 2.24) is 0 Å². The van der Waals surface area contributed by atoms with Gasteiger partial charge in [-0.15, -0.1) is 12.3 Å². The minimum atomic E-state index is -0.927. The van der Waals surface area contributed by atoms with Gasteiger partial charge in [0.15, 0.2) is 0 Å². The molecule has 0 N–H and O–H groups in total. The van der Waals surface area contributed by atoms with Gasteiger partial charge in [0.05, 0.1) is 8.07 Å². The molecule has 94 valence electrons. The summed E-state index contributed by atoms with van der Waals surface area (Å²) >= 11 is 0. The molecule has 0 aromatic heterocycles. The molecule has 1 heteroatoms. The largest absolute Gasteiger partial charge is 0.107 e. The molecule has 1 aromatic carbocycles. The summed E-state index contributed by atoms with van der Waals surface area (Å²) in [6, 6.07) is 14.1. The molecule has 0 aliphatic rings. The molecule has 17 heavy (non-hydrogen) atoms. The van der Waals surface area contributed by atoms with E-state index in [4.69, 9.17) is 0 Å². The lowest BCUT2D eigenvalue weighted by Gasteiger charge is -2.22. The van der Waals surface area contributed by atoms with Crippen LogP contribution in [0.5, 0.6) is 0 Å². The highest BCUT2D eigenvalue weighted by Crippen LogP contribution is 2.20. The van der Waals surface area contributed by atoms with Crippen molar-refractivity contribution >= 4 is 14.1 Å². The highest BCUT2D eigenvalue weighted by atomic mass is 28.3. The number of hydrogen-bond acceptors (Lipinski definition) is 0. The van der Waals surface area contributed by atoms with E-state index in [0.29, 0.717) is 0 Å². The smallest absolute Gasteiger partial charge is 0.0762 e. The molecule has 0 radical (unpaired) electrons. The Kier molecular flexibility index (Phi) is 8.43. The van der Waals surface area contributed by atoms with E-state index in [1.807, 2.05) is 36.4 Å². The van der Waals surface area contributed by atoms with Crippen LogP contribution in [-0.2, 0) is 0 Å². The summed E-state index contributed by atoms with van der Waals surface area (Å²) < 4.78 is 0. The maximum atomic E-state index is 3.91. The topological polar surface area (TPSA) is 0 Å². The third-order valence-electron chi connectivity index (χ3n) is 3.58. The van der Waals surface area contributed by atoms with Gasteiger partial charge in [-0.25, -0.2) is 0 Å². The van der Waals surface area contributed by atoms with Crippen molar-refractivity contribution in [2.24, 2.45) is 0 Å². The van der Waals surface area contributed by atoms with Crippen LogP contribution in [0.25, 0.3) is 6.08 Å². The summed E-state index contributed by atoms with van der Waals surface area (Å²) in [6.07, 6.45) is 1.83. The summed E-state index contributed by atoms with van der Waals surface area (Å²) in [6.45, 7) is 14.4. The zero-order chi connectivity index (χ0) is 13.1. The van der Waals surface area contributed by atoms with Crippen molar-refractivity contribution < 1.29 is 0 Å². The van der Waals surface area contributed by atoms with Crippen LogP contribution in [0.4, 0.5) is 0 Å². The molecule has 0 saturated heterocycles. The van der Waals surface area contributed by atoms with Crippen LogP contribution >= 0.6 is 0 Å². The van der Waals surface area contributed by atoms with Crippen molar-refractivity contribution in [3.63, 3.8) is 0 Å². The molecule has 0 saturated carbocycles. The third kappa shape index (κ3) is 5.69. The van der Waals surface area contributed by atoms with Crippen molar-refractivity contribution in [2.75, 3.05) is 0 Å². The van der Waals surface area contributed by atoms with Crippen LogP contribution in [0, 0.1) is 0 Å². The van der Waals surface area contributed by atoms with Crippen LogP contribution in [0.2, 0.25) is 18.1 Å². The maximum absolute atomic E-state index is 3.91. The molecule has 0 atom stereocenters. The molecule has 0 nitrogen and oxygen atoms in total. The van der Waals surface area contributed by atoms with Crippen LogP contribution in [-0.4, -0.2) is 8.07 Å². The fourth-order valence-electron chi connectivity index (χ4n) is 1.77. The summed E-state index contributed by atoms with van der Waals surface area (Å²) in [5, 5.41) is 0. The second kappa shape index (κ2) is 9.00. The Morgan fingerprint density at radius 3 is 1.59 bits per heavy atom. The first-order valence-corrected chi connectivity index (χ1v) is 9.19. The van der Waals surface area contributed by atoms with Gasteiger partial charge in [-0.2, -0.15) is 0 Å². The monoisotopic (exact) mass is 246 g/mol. The van der Waals surface area contributed by atoms with Crippen molar-refractivity contribution in [1.29, 1.82) is 0 Å². The van der Waals surface area contributed by atoms with Gasteiger partial charge in [0.1, 0.15) is 0 Å². The molecule has 0 aliphatic heterocycles. The fraction of sp³-hybridized carbons (Fsp3) is 0.375. The summed E-state index contributed by atoms with van der Waals surface area (Å²) in [5.41, 5.74) is 3.42. The van der Waals surface area contributed by atoms with Crippen molar-refractivity contribution in [3.05, 3.63) is 54.8 Å². The molecule has 0 unspecified atom stereocenters. The van der Waals surface area contributed by atoms with Gasteiger partial charge in [0.25, 0.3) is 0 Å². The Balaban J connectivity index is 0.000000302. The van der Waals surface area contributed by atoms with Crippen molar-refractivity contribution in [2.45, 2.75) is 38.9 Å². The molecule has 1 aromatic rings. The molecule has 0 heterocycles. The number of benzene rings is 1.